The number of likely N-dealkylation sites (N-methyl/N-ethyl adjacent to an activating group) is 1. The summed E-state index contributed by atoms with van der Waals surface area (Å²) in [7, 11) is 2.21. The fraction of sp³-hybridized carbons (Fsp3) is 0.381. The summed E-state index contributed by atoms with van der Waals surface area (Å²) in [4.78, 5) is 9.32. The van der Waals surface area contributed by atoms with Gasteiger partial charge in [0.2, 0.25) is 0 Å². The molecule has 3 heterocycles. The number of aromatic nitrogens is 3. The molecule has 4 rings (SSSR count). The summed E-state index contributed by atoms with van der Waals surface area (Å²) in [5.41, 5.74) is 3.46. The smallest absolute Gasteiger partial charge is 0.175 e. The number of anilines is 1. The first-order valence-electron chi connectivity index (χ1n) is 9.40. The van der Waals surface area contributed by atoms with Gasteiger partial charge in [-0.05, 0) is 32.4 Å². The van der Waals surface area contributed by atoms with Crippen molar-refractivity contribution in [2.24, 2.45) is 0 Å². The largest absolute Gasteiger partial charge is 0.355 e. The van der Waals surface area contributed by atoms with Crippen LogP contribution < -0.4 is 4.90 Å². The second-order valence-corrected chi connectivity index (χ2v) is 7.27. The summed E-state index contributed by atoms with van der Waals surface area (Å²) in [5, 5.41) is 13.7. The normalized spacial score (nSPS) is 17.0. The molecular weight excluding hydrogens is 336 g/mol. The van der Waals surface area contributed by atoms with E-state index in [2.05, 4.69) is 69.4 Å². The van der Waals surface area contributed by atoms with Gasteiger partial charge in [0.15, 0.2) is 5.65 Å². The predicted octanol–water partition coefficient (Wildman–Crippen LogP) is 2.66. The van der Waals surface area contributed by atoms with Crippen molar-refractivity contribution in [2.75, 3.05) is 31.6 Å². The van der Waals surface area contributed by atoms with Gasteiger partial charge >= 0.3 is 0 Å². The molecule has 1 unspecified atom stereocenters. The van der Waals surface area contributed by atoms with Crippen LogP contribution in [0, 0.1) is 18.3 Å². The van der Waals surface area contributed by atoms with E-state index in [0.717, 1.165) is 44.0 Å². The highest BCUT2D eigenvalue weighted by Gasteiger charge is 2.27. The Morgan fingerprint density at radius 1 is 1.30 bits per heavy atom. The number of hydrogen-bond donors (Lipinski definition) is 0. The lowest BCUT2D eigenvalue weighted by Gasteiger charge is -2.25. The molecule has 27 heavy (non-hydrogen) atoms. The van der Waals surface area contributed by atoms with E-state index in [4.69, 9.17) is 0 Å². The maximum Gasteiger partial charge on any atom is 0.175 e. The first-order chi connectivity index (χ1) is 13.2. The molecule has 0 saturated carbocycles. The third kappa shape index (κ3) is 3.51. The topological polar surface area (TPSA) is 60.5 Å². The quantitative estimate of drug-likeness (QED) is 0.700. The Kier molecular flexibility index (Phi) is 4.78. The fourth-order valence-electron chi connectivity index (χ4n) is 3.81. The Bertz CT molecular complexity index is 971. The standard InChI is InChI=1S/C21H24N6/c1-16-12-20(27-21(24-16)18(13-22)14-23-27)26-11-9-19(15-26)25(2)10-8-17-6-4-3-5-7-17/h3-7,12,14,19H,8-11,15H2,1-2H3. The van der Waals surface area contributed by atoms with E-state index in [9.17, 15) is 5.26 Å². The van der Waals surface area contributed by atoms with Crippen LogP contribution in [0.5, 0.6) is 0 Å². The van der Waals surface area contributed by atoms with Gasteiger partial charge in [0.1, 0.15) is 17.5 Å². The molecule has 1 atom stereocenters. The highest BCUT2D eigenvalue weighted by molar-refractivity contribution is 5.59. The predicted molar refractivity (Wildman–Crippen MR) is 106 cm³/mol. The minimum atomic E-state index is 0.517. The average Bonchev–Trinajstić information content (AvgIpc) is 3.33. The highest BCUT2D eigenvalue weighted by atomic mass is 15.4. The van der Waals surface area contributed by atoms with E-state index in [0.29, 0.717) is 17.3 Å². The van der Waals surface area contributed by atoms with E-state index < -0.39 is 0 Å². The lowest BCUT2D eigenvalue weighted by atomic mass is 10.1. The van der Waals surface area contributed by atoms with Crippen molar-refractivity contribution in [3.63, 3.8) is 0 Å². The van der Waals surface area contributed by atoms with Crippen LogP contribution in [0.1, 0.15) is 23.2 Å². The van der Waals surface area contributed by atoms with Crippen LogP contribution in [0.25, 0.3) is 5.65 Å². The van der Waals surface area contributed by atoms with Crippen molar-refractivity contribution in [2.45, 2.75) is 25.8 Å². The summed E-state index contributed by atoms with van der Waals surface area (Å²) in [6.07, 6.45) is 3.79. The van der Waals surface area contributed by atoms with Crippen molar-refractivity contribution >= 4 is 11.5 Å². The molecule has 1 saturated heterocycles. The van der Waals surface area contributed by atoms with Gasteiger partial charge in [0.25, 0.3) is 0 Å². The molecule has 0 aliphatic carbocycles. The number of nitrogens with zero attached hydrogens (tertiary/aromatic N) is 6. The van der Waals surface area contributed by atoms with Gasteiger partial charge in [-0.3, -0.25) is 0 Å². The van der Waals surface area contributed by atoms with E-state index >= 15 is 0 Å². The Morgan fingerprint density at radius 2 is 2.11 bits per heavy atom. The number of rotatable bonds is 5. The van der Waals surface area contributed by atoms with Crippen LogP contribution in [-0.4, -0.2) is 52.2 Å². The highest BCUT2D eigenvalue weighted by Crippen LogP contribution is 2.25. The first-order valence-corrected chi connectivity index (χ1v) is 9.40. The zero-order valence-electron chi connectivity index (χ0n) is 15.8. The first kappa shape index (κ1) is 17.5. The molecule has 0 spiro atoms. The summed E-state index contributed by atoms with van der Waals surface area (Å²) < 4.78 is 1.80. The Hall–Kier alpha value is -2.91. The number of hydrogen-bond acceptors (Lipinski definition) is 5. The van der Waals surface area contributed by atoms with Gasteiger partial charge in [-0.2, -0.15) is 14.9 Å². The van der Waals surface area contributed by atoms with Gasteiger partial charge in [0.05, 0.1) is 6.20 Å². The van der Waals surface area contributed by atoms with Crippen LogP contribution >= 0.6 is 0 Å². The molecule has 2 aromatic heterocycles. The zero-order chi connectivity index (χ0) is 18.8. The maximum absolute atomic E-state index is 9.28. The van der Waals surface area contributed by atoms with Crippen LogP contribution in [0.2, 0.25) is 0 Å². The third-order valence-electron chi connectivity index (χ3n) is 5.41. The molecule has 1 aliphatic heterocycles. The van der Waals surface area contributed by atoms with E-state index in [1.165, 1.54) is 5.56 Å². The summed E-state index contributed by atoms with van der Waals surface area (Å²) in [6.45, 7) is 4.97. The molecule has 1 fully saturated rings. The van der Waals surface area contributed by atoms with Gasteiger partial charge in [-0.25, -0.2) is 4.98 Å². The fourth-order valence-corrected chi connectivity index (χ4v) is 3.81. The molecular formula is C21H24N6. The summed E-state index contributed by atoms with van der Waals surface area (Å²) >= 11 is 0. The molecule has 0 radical (unpaired) electrons. The lowest BCUT2D eigenvalue weighted by Crippen LogP contribution is -2.36. The SMILES string of the molecule is Cc1cc(N2CCC(N(C)CCc3ccccc3)C2)n2ncc(C#N)c2n1. The van der Waals surface area contributed by atoms with E-state index in [1.807, 2.05) is 6.92 Å². The summed E-state index contributed by atoms with van der Waals surface area (Å²) in [5.74, 6) is 1.03. The number of aryl methyl sites for hydroxylation is 1. The Morgan fingerprint density at radius 3 is 2.89 bits per heavy atom. The molecule has 3 aromatic rings. The zero-order valence-corrected chi connectivity index (χ0v) is 15.8. The molecule has 6 heteroatoms. The van der Waals surface area contributed by atoms with Crippen molar-refractivity contribution in [3.8, 4) is 6.07 Å². The minimum absolute atomic E-state index is 0.517. The maximum atomic E-state index is 9.28. The molecule has 0 amide bonds. The van der Waals surface area contributed by atoms with Crippen LogP contribution in [0.3, 0.4) is 0 Å². The Balaban J connectivity index is 1.47. The number of fused-ring (bicyclic) bond motifs is 1. The lowest BCUT2D eigenvalue weighted by molar-refractivity contribution is 0.262. The number of nitriles is 1. The van der Waals surface area contributed by atoms with E-state index in [-0.39, 0.29) is 0 Å². The average molecular weight is 360 g/mol. The minimum Gasteiger partial charge on any atom is -0.355 e. The van der Waals surface area contributed by atoms with E-state index in [1.54, 1.807) is 10.7 Å². The molecule has 1 aliphatic rings. The second kappa shape index (κ2) is 7.37. The molecule has 138 valence electrons. The Labute approximate surface area is 159 Å². The van der Waals surface area contributed by atoms with Gasteiger partial charge in [-0.1, -0.05) is 30.3 Å². The van der Waals surface area contributed by atoms with Crippen molar-refractivity contribution < 1.29 is 0 Å². The number of benzene rings is 1. The molecule has 1 aromatic carbocycles. The monoisotopic (exact) mass is 360 g/mol. The molecule has 0 bridgehead atoms. The van der Waals surface area contributed by atoms with Crippen molar-refractivity contribution in [3.05, 3.63) is 59.4 Å². The van der Waals surface area contributed by atoms with Gasteiger partial charge in [0, 0.05) is 37.4 Å². The van der Waals surface area contributed by atoms with Crippen LogP contribution in [0.4, 0.5) is 5.82 Å². The summed E-state index contributed by atoms with van der Waals surface area (Å²) in [6, 6.07) is 15.4. The van der Waals surface area contributed by atoms with Crippen LogP contribution in [0.15, 0.2) is 42.6 Å². The second-order valence-electron chi connectivity index (χ2n) is 7.27. The van der Waals surface area contributed by atoms with Gasteiger partial charge < -0.3 is 9.80 Å². The third-order valence-corrected chi connectivity index (χ3v) is 5.41. The molecule has 0 N–H and O–H groups in total. The van der Waals surface area contributed by atoms with Crippen molar-refractivity contribution in [1.29, 1.82) is 5.26 Å². The van der Waals surface area contributed by atoms with Crippen LogP contribution in [-0.2, 0) is 6.42 Å². The molecule has 6 nitrogen and oxygen atoms in total. The van der Waals surface area contributed by atoms with Gasteiger partial charge in [-0.15, -0.1) is 0 Å². The van der Waals surface area contributed by atoms with Crippen molar-refractivity contribution in [1.82, 2.24) is 19.5 Å².